The van der Waals surface area contributed by atoms with Crippen LogP contribution in [-0.4, -0.2) is 66.7 Å². The van der Waals surface area contributed by atoms with Crippen molar-refractivity contribution in [2.24, 2.45) is 5.92 Å². The van der Waals surface area contributed by atoms with E-state index in [1.54, 1.807) is 24.6 Å². The first kappa shape index (κ1) is 37.3. The molecule has 0 radical (unpaired) electrons. The lowest BCUT2D eigenvalue weighted by atomic mass is 10.1. The monoisotopic (exact) mass is 758 g/mol. The predicted molar refractivity (Wildman–Crippen MR) is 218 cm³/mol. The molecule has 1 aliphatic rings. The Hall–Kier alpha value is -5.01. The standard InChI is InChI=1S/C42H46N6O4SSi/c1-26-22-28(23-27(2)44-26)45-41-43-25-32(39-47-33-20-14-15-21-35(33)53-39)38(48-41)46-34-24-31(40(49)51-7)36(37(34)50-6)52-54(42(3,4)5,29-16-10-8-11-17-29)30-18-12-9-13-19-30/h8-23,25,31,34,36-37H,24H2,1-7H3,(H2,43,44,45,46,48)/t31-,34-,36-,37-/m1/s1. The van der Waals surface area contributed by atoms with Gasteiger partial charge >= 0.3 is 5.97 Å². The molecule has 3 aromatic carbocycles. The van der Waals surface area contributed by atoms with Crippen molar-refractivity contribution in [2.45, 2.75) is 64.3 Å². The Morgan fingerprint density at radius 3 is 2.06 bits per heavy atom. The Balaban J connectivity index is 1.32. The van der Waals surface area contributed by atoms with Crippen molar-refractivity contribution in [3.05, 3.63) is 115 Å². The van der Waals surface area contributed by atoms with Gasteiger partial charge in [0.05, 0.1) is 41.0 Å². The normalized spacial score (nSPS) is 18.8. The number of rotatable bonds is 11. The molecule has 7 rings (SSSR count). The third-order valence-electron chi connectivity index (χ3n) is 10.1. The van der Waals surface area contributed by atoms with Crippen LogP contribution in [0.15, 0.2) is 103 Å². The second kappa shape index (κ2) is 15.4. The summed E-state index contributed by atoms with van der Waals surface area (Å²) < 4.78 is 20.5. The Kier molecular flexibility index (Phi) is 10.6. The molecule has 0 aliphatic heterocycles. The van der Waals surface area contributed by atoms with E-state index in [0.717, 1.165) is 48.2 Å². The van der Waals surface area contributed by atoms with Gasteiger partial charge < -0.3 is 24.5 Å². The number of anilines is 3. The molecule has 0 amide bonds. The summed E-state index contributed by atoms with van der Waals surface area (Å²) in [5.41, 5.74) is 4.24. The maximum Gasteiger partial charge on any atom is 0.311 e. The summed E-state index contributed by atoms with van der Waals surface area (Å²) in [6, 6.07) is 32.4. The summed E-state index contributed by atoms with van der Waals surface area (Å²) >= 11 is 1.57. The van der Waals surface area contributed by atoms with Gasteiger partial charge in [0.2, 0.25) is 5.95 Å². The van der Waals surface area contributed by atoms with Crippen molar-refractivity contribution in [3.8, 4) is 10.6 Å². The number of benzene rings is 3. The summed E-state index contributed by atoms with van der Waals surface area (Å²) in [4.78, 5) is 33.0. The van der Waals surface area contributed by atoms with Gasteiger partial charge in [0.15, 0.2) is 0 Å². The number of aryl methyl sites for hydroxylation is 2. The summed E-state index contributed by atoms with van der Waals surface area (Å²) in [6.45, 7) is 10.6. The molecule has 278 valence electrons. The number of carbonyl (C=O) groups is 1. The third kappa shape index (κ3) is 7.26. The molecule has 3 heterocycles. The molecule has 3 aromatic heterocycles. The van der Waals surface area contributed by atoms with Crippen molar-refractivity contribution in [1.82, 2.24) is 19.9 Å². The van der Waals surface area contributed by atoms with Crippen molar-refractivity contribution < 1.29 is 18.7 Å². The fourth-order valence-corrected chi connectivity index (χ4v) is 13.5. The highest BCUT2D eigenvalue weighted by Gasteiger charge is 2.57. The van der Waals surface area contributed by atoms with Crippen LogP contribution in [0.5, 0.6) is 0 Å². The first-order chi connectivity index (χ1) is 26.0. The quantitative estimate of drug-likeness (QED) is 0.102. The van der Waals surface area contributed by atoms with Gasteiger partial charge in [0.1, 0.15) is 16.9 Å². The minimum absolute atomic E-state index is 0.322. The van der Waals surface area contributed by atoms with Crippen molar-refractivity contribution >= 4 is 63.7 Å². The molecule has 1 fully saturated rings. The van der Waals surface area contributed by atoms with E-state index in [1.165, 1.54) is 7.11 Å². The number of nitrogens with one attached hydrogen (secondary N) is 2. The van der Waals surface area contributed by atoms with Crippen molar-refractivity contribution in [2.75, 3.05) is 24.9 Å². The molecule has 6 aromatic rings. The number of para-hydroxylation sites is 1. The van der Waals surface area contributed by atoms with Crippen LogP contribution >= 0.6 is 11.3 Å². The van der Waals surface area contributed by atoms with Gasteiger partial charge in [-0.3, -0.25) is 9.78 Å². The Morgan fingerprint density at radius 1 is 0.833 bits per heavy atom. The summed E-state index contributed by atoms with van der Waals surface area (Å²) in [5.74, 6) is 0.0103. The number of pyridine rings is 1. The molecule has 0 spiro atoms. The van der Waals surface area contributed by atoms with Gasteiger partial charge in [-0.15, -0.1) is 11.3 Å². The number of fused-ring (bicyclic) bond motifs is 1. The number of carbonyl (C=O) groups excluding carboxylic acids is 1. The fraction of sp³-hybridized carbons (Fsp3) is 0.310. The highest BCUT2D eigenvalue weighted by Crippen LogP contribution is 2.43. The first-order valence-electron chi connectivity index (χ1n) is 18.1. The minimum atomic E-state index is -3.10. The maximum atomic E-state index is 13.8. The zero-order valence-electron chi connectivity index (χ0n) is 31.7. The van der Waals surface area contributed by atoms with Gasteiger partial charge in [0.25, 0.3) is 8.32 Å². The van der Waals surface area contributed by atoms with E-state index in [-0.39, 0.29) is 17.0 Å². The van der Waals surface area contributed by atoms with Gasteiger partial charge in [0, 0.05) is 30.4 Å². The van der Waals surface area contributed by atoms with Gasteiger partial charge in [-0.1, -0.05) is 93.6 Å². The van der Waals surface area contributed by atoms with Crippen LogP contribution in [0.2, 0.25) is 5.04 Å². The molecule has 54 heavy (non-hydrogen) atoms. The van der Waals surface area contributed by atoms with E-state index in [2.05, 4.69) is 91.0 Å². The minimum Gasteiger partial charge on any atom is -0.469 e. The van der Waals surface area contributed by atoms with Crippen LogP contribution in [0.25, 0.3) is 20.8 Å². The van der Waals surface area contributed by atoms with Crippen LogP contribution < -0.4 is 21.0 Å². The molecule has 12 heteroatoms. The number of thiazole rings is 1. The zero-order valence-corrected chi connectivity index (χ0v) is 33.5. The highest BCUT2D eigenvalue weighted by atomic mass is 32.1. The fourth-order valence-electron chi connectivity index (χ4n) is 7.77. The second-order valence-electron chi connectivity index (χ2n) is 14.8. The molecule has 4 atom stereocenters. The molecule has 0 bridgehead atoms. The lowest BCUT2D eigenvalue weighted by Gasteiger charge is -2.46. The molecule has 0 saturated heterocycles. The first-order valence-corrected chi connectivity index (χ1v) is 20.8. The number of aromatic nitrogens is 4. The van der Waals surface area contributed by atoms with Crippen molar-refractivity contribution in [3.63, 3.8) is 0 Å². The molecule has 0 unspecified atom stereocenters. The topological polar surface area (TPSA) is 120 Å². The molecule has 10 nitrogen and oxygen atoms in total. The van der Waals surface area contributed by atoms with Gasteiger partial charge in [-0.25, -0.2) is 9.97 Å². The van der Waals surface area contributed by atoms with Crippen LogP contribution in [-0.2, 0) is 18.7 Å². The number of ether oxygens (including phenoxy) is 2. The van der Waals surface area contributed by atoms with Crippen molar-refractivity contribution in [1.29, 1.82) is 0 Å². The molecule has 1 aliphatic carbocycles. The predicted octanol–water partition coefficient (Wildman–Crippen LogP) is 7.44. The van der Waals surface area contributed by atoms with Crippen LogP contribution in [0.3, 0.4) is 0 Å². The van der Waals surface area contributed by atoms with Gasteiger partial charge in [-0.05, 0) is 59.9 Å². The lowest BCUT2D eigenvalue weighted by Crippen LogP contribution is -2.69. The number of hydrogen-bond acceptors (Lipinski definition) is 11. The van der Waals surface area contributed by atoms with Crippen LogP contribution in [0.1, 0.15) is 38.6 Å². The van der Waals surface area contributed by atoms with E-state index in [0.29, 0.717) is 18.2 Å². The van der Waals surface area contributed by atoms with E-state index in [4.69, 9.17) is 28.9 Å². The lowest BCUT2D eigenvalue weighted by molar-refractivity contribution is -0.149. The molecule has 2 N–H and O–H groups in total. The molecular weight excluding hydrogens is 713 g/mol. The summed E-state index contributed by atoms with van der Waals surface area (Å²) in [6.07, 6.45) is 1.000. The average molecular weight is 759 g/mol. The SMILES string of the molecule is COC(=O)[C@@H]1C[C@@H](Nc2nc(Nc3cc(C)nc(C)c3)ncc2-c2nc3ccccc3s2)[C@@H](OC)[C@@H]1O[Si](c1ccccc1)(c1ccccc1)C(C)(C)C. The van der Waals surface area contributed by atoms with E-state index in [1.807, 2.05) is 56.3 Å². The number of esters is 1. The number of hydrogen-bond donors (Lipinski definition) is 2. The summed E-state index contributed by atoms with van der Waals surface area (Å²) in [5, 5.41) is 9.76. The number of nitrogens with zero attached hydrogens (tertiary/aromatic N) is 4. The second-order valence-corrected chi connectivity index (χ2v) is 20.1. The largest absolute Gasteiger partial charge is 0.469 e. The number of methoxy groups -OCH3 is 2. The van der Waals surface area contributed by atoms with E-state index in [9.17, 15) is 4.79 Å². The molecule has 1 saturated carbocycles. The van der Waals surface area contributed by atoms with Crippen LogP contribution in [0.4, 0.5) is 17.5 Å². The van der Waals surface area contributed by atoms with E-state index >= 15 is 0 Å². The van der Waals surface area contributed by atoms with E-state index < -0.39 is 26.4 Å². The Morgan fingerprint density at radius 2 is 1.46 bits per heavy atom. The Bertz CT molecular complexity index is 2150. The smallest absolute Gasteiger partial charge is 0.311 e. The zero-order chi connectivity index (χ0) is 38.0. The third-order valence-corrected chi connectivity index (χ3v) is 16.2. The highest BCUT2D eigenvalue weighted by molar-refractivity contribution is 7.21. The average Bonchev–Trinajstić information content (AvgIpc) is 3.74. The van der Waals surface area contributed by atoms with Crippen LogP contribution in [0, 0.1) is 19.8 Å². The summed E-state index contributed by atoms with van der Waals surface area (Å²) in [7, 11) is 0.00506. The molecular formula is C42H46N6O4SSi. The van der Waals surface area contributed by atoms with Gasteiger partial charge in [-0.2, -0.15) is 4.98 Å². The Labute approximate surface area is 321 Å². The maximum absolute atomic E-state index is 13.8.